The molecule has 0 aliphatic heterocycles. The van der Waals surface area contributed by atoms with Gasteiger partial charge in [-0.25, -0.2) is 4.98 Å². The van der Waals surface area contributed by atoms with Gasteiger partial charge in [0.1, 0.15) is 12.2 Å². The third-order valence-electron chi connectivity index (χ3n) is 1.87. The molecule has 1 heterocycles. The Labute approximate surface area is 75.4 Å². The van der Waals surface area contributed by atoms with Gasteiger partial charge in [-0.15, -0.1) is 0 Å². The molecular formula is C7H12N4O2. The summed E-state index contributed by atoms with van der Waals surface area (Å²) in [6.45, 7) is 0.113. The van der Waals surface area contributed by atoms with Crippen molar-refractivity contribution in [3.8, 4) is 0 Å². The number of nitrogens with two attached hydrogens (primary N) is 1. The van der Waals surface area contributed by atoms with Crippen LogP contribution < -0.4 is 5.73 Å². The lowest BCUT2D eigenvalue weighted by Gasteiger charge is -2.07. The molecule has 1 aromatic rings. The molecule has 3 N–H and O–H groups in total. The Kier molecular flexibility index (Phi) is 2.97. The van der Waals surface area contributed by atoms with Gasteiger partial charge in [-0.1, -0.05) is 0 Å². The molecule has 6 heteroatoms. The van der Waals surface area contributed by atoms with Gasteiger partial charge in [0.25, 0.3) is 0 Å². The maximum Gasteiger partial charge on any atom is 0.308 e. The molecule has 6 nitrogen and oxygen atoms in total. The number of aryl methyl sites for hydroxylation is 1. The number of rotatable bonds is 4. The van der Waals surface area contributed by atoms with E-state index in [0.29, 0.717) is 12.2 Å². The first kappa shape index (κ1) is 9.66. The molecule has 0 radical (unpaired) electrons. The molecule has 0 amide bonds. The molecule has 72 valence electrons. The van der Waals surface area contributed by atoms with Crippen LogP contribution in [0.15, 0.2) is 6.33 Å². The monoisotopic (exact) mass is 184 g/mol. The van der Waals surface area contributed by atoms with Gasteiger partial charge < -0.3 is 10.8 Å². The van der Waals surface area contributed by atoms with E-state index in [4.69, 9.17) is 10.8 Å². The number of carboxylic acid groups (broad SMARTS) is 1. The van der Waals surface area contributed by atoms with Crippen LogP contribution in [0.4, 0.5) is 0 Å². The van der Waals surface area contributed by atoms with Crippen LogP contribution in [-0.4, -0.2) is 32.4 Å². The average molecular weight is 184 g/mol. The summed E-state index contributed by atoms with van der Waals surface area (Å²) >= 11 is 0. The van der Waals surface area contributed by atoms with Crippen LogP contribution in [0.2, 0.25) is 0 Å². The first-order valence-corrected chi connectivity index (χ1v) is 3.91. The Morgan fingerprint density at radius 1 is 1.85 bits per heavy atom. The molecule has 0 fully saturated rings. The number of aliphatic carboxylic acids is 1. The fourth-order valence-corrected chi connectivity index (χ4v) is 0.997. The van der Waals surface area contributed by atoms with E-state index in [1.165, 1.54) is 6.33 Å². The summed E-state index contributed by atoms with van der Waals surface area (Å²) in [4.78, 5) is 14.5. The molecule has 0 bridgehead atoms. The maximum absolute atomic E-state index is 10.6. The van der Waals surface area contributed by atoms with Gasteiger partial charge >= 0.3 is 5.97 Å². The number of carbonyl (C=O) groups is 1. The van der Waals surface area contributed by atoms with E-state index >= 15 is 0 Å². The minimum Gasteiger partial charge on any atom is -0.481 e. The first-order valence-electron chi connectivity index (χ1n) is 3.91. The second kappa shape index (κ2) is 3.99. The fourth-order valence-electron chi connectivity index (χ4n) is 0.997. The third kappa shape index (κ3) is 2.25. The normalized spacial score (nSPS) is 12.8. The largest absolute Gasteiger partial charge is 0.481 e. The molecule has 1 rings (SSSR count). The number of hydrogen-bond donors (Lipinski definition) is 2. The van der Waals surface area contributed by atoms with Crippen molar-refractivity contribution in [2.45, 2.75) is 6.42 Å². The highest BCUT2D eigenvalue weighted by molar-refractivity contribution is 5.70. The highest BCUT2D eigenvalue weighted by Crippen LogP contribution is 2.03. The van der Waals surface area contributed by atoms with Crippen LogP contribution in [0.3, 0.4) is 0 Å². The van der Waals surface area contributed by atoms with Crippen molar-refractivity contribution in [2.24, 2.45) is 18.7 Å². The van der Waals surface area contributed by atoms with Crippen LogP contribution in [0.1, 0.15) is 5.82 Å². The van der Waals surface area contributed by atoms with Crippen LogP contribution in [0.5, 0.6) is 0 Å². The van der Waals surface area contributed by atoms with E-state index in [0.717, 1.165) is 0 Å². The molecule has 0 aliphatic rings. The minimum atomic E-state index is -0.898. The molecule has 13 heavy (non-hydrogen) atoms. The summed E-state index contributed by atoms with van der Waals surface area (Å²) in [6, 6.07) is 0. The summed E-state index contributed by atoms with van der Waals surface area (Å²) in [5, 5.41) is 12.6. The summed E-state index contributed by atoms with van der Waals surface area (Å²) < 4.78 is 1.55. The van der Waals surface area contributed by atoms with Crippen molar-refractivity contribution in [3.63, 3.8) is 0 Å². The van der Waals surface area contributed by atoms with Crippen LogP contribution >= 0.6 is 0 Å². The zero-order valence-corrected chi connectivity index (χ0v) is 7.34. The van der Waals surface area contributed by atoms with Gasteiger partial charge in [-0.3, -0.25) is 9.48 Å². The average Bonchev–Trinajstić information content (AvgIpc) is 2.46. The topological polar surface area (TPSA) is 94.0 Å². The molecular weight excluding hydrogens is 172 g/mol. The predicted molar refractivity (Wildman–Crippen MR) is 44.9 cm³/mol. The molecule has 1 unspecified atom stereocenters. The highest BCUT2D eigenvalue weighted by atomic mass is 16.4. The van der Waals surface area contributed by atoms with Gasteiger partial charge in [0.15, 0.2) is 0 Å². The first-order chi connectivity index (χ1) is 6.15. The van der Waals surface area contributed by atoms with Gasteiger partial charge in [0.2, 0.25) is 0 Å². The zero-order chi connectivity index (χ0) is 9.84. The third-order valence-corrected chi connectivity index (χ3v) is 1.87. The van der Waals surface area contributed by atoms with Crippen molar-refractivity contribution >= 4 is 5.97 Å². The number of hydrogen-bond acceptors (Lipinski definition) is 4. The van der Waals surface area contributed by atoms with Crippen LogP contribution in [0, 0.1) is 5.92 Å². The van der Waals surface area contributed by atoms with Crippen LogP contribution in [-0.2, 0) is 18.3 Å². The lowest BCUT2D eigenvalue weighted by atomic mass is 10.1. The van der Waals surface area contributed by atoms with E-state index in [2.05, 4.69) is 10.1 Å². The lowest BCUT2D eigenvalue weighted by molar-refractivity contribution is -0.141. The minimum absolute atomic E-state index is 0.113. The molecule has 0 saturated carbocycles. The fraction of sp³-hybridized carbons (Fsp3) is 0.571. The number of nitrogens with zero attached hydrogens (tertiary/aromatic N) is 3. The quantitative estimate of drug-likeness (QED) is 0.627. The Morgan fingerprint density at radius 2 is 2.54 bits per heavy atom. The maximum atomic E-state index is 10.6. The van der Waals surface area contributed by atoms with E-state index in [-0.39, 0.29) is 6.54 Å². The Morgan fingerprint density at radius 3 is 2.92 bits per heavy atom. The molecule has 0 spiro atoms. The van der Waals surface area contributed by atoms with E-state index in [9.17, 15) is 4.79 Å². The Balaban J connectivity index is 2.67. The number of aromatic nitrogens is 3. The van der Waals surface area contributed by atoms with Crippen molar-refractivity contribution in [1.82, 2.24) is 14.8 Å². The highest BCUT2D eigenvalue weighted by Gasteiger charge is 2.18. The number of carboxylic acids is 1. The van der Waals surface area contributed by atoms with Crippen LogP contribution in [0.25, 0.3) is 0 Å². The molecule has 0 saturated heterocycles. The summed E-state index contributed by atoms with van der Waals surface area (Å²) in [5.41, 5.74) is 5.30. The van der Waals surface area contributed by atoms with Crippen molar-refractivity contribution in [2.75, 3.05) is 6.54 Å². The standard InChI is InChI=1S/C7H12N4O2/c1-11-6(9-4-10-11)2-5(3-8)7(12)13/h4-5H,2-3,8H2,1H3,(H,12,13). The summed E-state index contributed by atoms with van der Waals surface area (Å²) in [7, 11) is 1.72. The van der Waals surface area contributed by atoms with Gasteiger partial charge in [0.05, 0.1) is 5.92 Å². The molecule has 1 aromatic heterocycles. The molecule has 0 aromatic carbocycles. The second-order valence-electron chi connectivity index (χ2n) is 2.77. The van der Waals surface area contributed by atoms with Crippen molar-refractivity contribution < 1.29 is 9.90 Å². The Hall–Kier alpha value is -1.43. The Bertz CT molecular complexity index is 296. The molecule has 0 aliphatic carbocycles. The van der Waals surface area contributed by atoms with Gasteiger partial charge in [-0.2, -0.15) is 5.10 Å². The van der Waals surface area contributed by atoms with Crippen molar-refractivity contribution in [1.29, 1.82) is 0 Å². The van der Waals surface area contributed by atoms with E-state index in [1.807, 2.05) is 0 Å². The van der Waals surface area contributed by atoms with Gasteiger partial charge in [-0.05, 0) is 0 Å². The smallest absolute Gasteiger partial charge is 0.308 e. The lowest BCUT2D eigenvalue weighted by Crippen LogP contribution is -2.26. The summed E-state index contributed by atoms with van der Waals surface area (Å²) in [5.74, 6) is -0.841. The summed E-state index contributed by atoms with van der Waals surface area (Å²) in [6.07, 6.45) is 1.72. The van der Waals surface area contributed by atoms with Gasteiger partial charge in [0, 0.05) is 20.0 Å². The van der Waals surface area contributed by atoms with E-state index < -0.39 is 11.9 Å². The zero-order valence-electron chi connectivity index (χ0n) is 7.34. The second-order valence-corrected chi connectivity index (χ2v) is 2.77. The molecule has 1 atom stereocenters. The van der Waals surface area contributed by atoms with Crippen molar-refractivity contribution in [3.05, 3.63) is 12.2 Å². The van der Waals surface area contributed by atoms with E-state index in [1.54, 1.807) is 11.7 Å². The SMILES string of the molecule is Cn1ncnc1CC(CN)C(=O)O. The predicted octanol–water partition coefficient (Wildman–Crippen LogP) is -0.983.